The number of aldehydes is 1. The number of rotatable bonds is 7. The van der Waals surface area contributed by atoms with Gasteiger partial charge in [0, 0.05) is 43.3 Å². The third-order valence-corrected chi connectivity index (χ3v) is 4.20. The smallest absolute Gasteiger partial charge is 0.321 e. The summed E-state index contributed by atoms with van der Waals surface area (Å²) >= 11 is 0. The Kier molecular flexibility index (Phi) is 5.37. The van der Waals surface area contributed by atoms with Gasteiger partial charge >= 0.3 is 6.01 Å². The van der Waals surface area contributed by atoms with E-state index in [2.05, 4.69) is 25.3 Å². The predicted octanol–water partition coefficient (Wildman–Crippen LogP) is 2.67. The maximum Gasteiger partial charge on any atom is 0.321 e. The molecule has 146 valence electrons. The molecular weight excluding hydrogens is 375 g/mol. The van der Waals surface area contributed by atoms with Crippen LogP contribution in [0.2, 0.25) is 0 Å². The van der Waals surface area contributed by atoms with Crippen LogP contribution < -0.4 is 10.1 Å². The second kappa shape index (κ2) is 8.42. The van der Waals surface area contributed by atoms with Gasteiger partial charge in [0.25, 0.3) is 0 Å². The topological polar surface area (TPSA) is 93.1 Å². The van der Waals surface area contributed by atoms with E-state index in [9.17, 15) is 9.18 Å². The maximum absolute atomic E-state index is 13.2. The van der Waals surface area contributed by atoms with Crippen LogP contribution in [0, 0.1) is 5.82 Å². The van der Waals surface area contributed by atoms with E-state index in [1.165, 1.54) is 18.2 Å². The first-order chi connectivity index (χ1) is 14.2. The molecule has 1 aromatic carbocycles. The highest BCUT2D eigenvalue weighted by atomic mass is 19.1. The molecule has 3 aromatic rings. The normalized spacial score (nSPS) is 13.9. The average Bonchev–Trinajstić information content (AvgIpc) is 2.70. The number of allylic oxidation sites excluding steroid dienone is 1. The van der Waals surface area contributed by atoms with Gasteiger partial charge in [-0.05, 0) is 18.2 Å². The Hall–Kier alpha value is -3.88. The summed E-state index contributed by atoms with van der Waals surface area (Å²) in [5, 5.41) is 3.31. The number of aromatic nitrogens is 4. The van der Waals surface area contributed by atoms with Crippen LogP contribution in [0.1, 0.15) is 0 Å². The molecule has 2 aromatic heterocycles. The van der Waals surface area contributed by atoms with Gasteiger partial charge < -0.3 is 15.0 Å². The van der Waals surface area contributed by atoms with Crippen LogP contribution in [0.3, 0.4) is 0 Å². The SMILES string of the molecule is O=CC=CN1CC(Nc2cncc(-c3cnc(Oc4cccc(F)c4)nc3)n2)C1. The number of nitrogens with one attached hydrogen (secondary N) is 1. The van der Waals surface area contributed by atoms with Crippen LogP contribution >= 0.6 is 0 Å². The van der Waals surface area contributed by atoms with E-state index in [1.54, 1.807) is 43.1 Å². The number of likely N-dealkylation sites (tertiary alicyclic amines) is 1. The number of carbonyl (C=O) groups excluding carboxylic acids is 1. The van der Waals surface area contributed by atoms with Crippen molar-refractivity contribution in [1.29, 1.82) is 0 Å². The molecule has 0 unspecified atom stereocenters. The Bertz CT molecular complexity index is 1020. The Balaban J connectivity index is 1.39. The van der Waals surface area contributed by atoms with Crippen molar-refractivity contribution < 1.29 is 13.9 Å². The summed E-state index contributed by atoms with van der Waals surface area (Å²) in [4.78, 5) is 29.4. The minimum Gasteiger partial charge on any atom is -0.424 e. The number of nitrogens with zero attached hydrogens (tertiary/aromatic N) is 5. The zero-order chi connectivity index (χ0) is 20.1. The number of halogens is 1. The summed E-state index contributed by atoms with van der Waals surface area (Å²) in [6.45, 7) is 1.57. The first-order valence-electron chi connectivity index (χ1n) is 8.90. The van der Waals surface area contributed by atoms with Gasteiger partial charge in [-0.2, -0.15) is 0 Å². The van der Waals surface area contributed by atoms with E-state index in [-0.39, 0.29) is 12.1 Å². The molecule has 1 N–H and O–H groups in total. The number of ether oxygens (including phenoxy) is 1. The minimum absolute atomic E-state index is 0.111. The molecule has 0 saturated carbocycles. The van der Waals surface area contributed by atoms with Crippen molar-refractivity contribution in [2.45, 2.75) is 6.04 Å². The highest BCUT2D eigenvalue weighted by Crippen LogP contribution is 2.22. The lowest BCUT2D eigenvalue weighted by Crippen LogP contribution is -2.52. The van der Waals surface area contributed by atoms with E-state index in [1.807, 2.05) is 4.90 Å². The molecule has 3 heterocycles. The zero-order valence-corrected chi connectivity index (χ0v) is 15.3. The third kappa shape index (κ3) is 4.70. The molecule has 1 aliphatic rings. The molecule has 0 atom stereocenters. The van der Waals surface area contributed by atoms with Crippen LogP contribution in [0.25, 0.3) is 11.3 Å². The van der Waals surface area contributed by atoms with Gasteiger partial charge in [-0.3, -0.25) is 9.78 Å². The summed E-state index contributed by atoms with van der Waals surface area (Å²) in [7, 11) is 0. The van der Waals surface area contributed by atoms with Crippen LogP contribution in [0.15, 0.2) is 61.3 Å². The van der Waals surface area contributed by atoms with Gasteiger partial charge in [-0.1, -0.05) is 6.07 Å². The van der Waals surface area contributed by atoms with Gasteiger partial charge in [0.1, 0.15) is 23.7 Å². The van der Waals surface area contributed by atoms with Gasteiger partial charge in [0.15, 0.2) is 0 Å². The molecule has 1 saturated heterocycles. The summed E-state index contributed by atoms with van der Waals surface area (Å²) < 4.78 is 18.7. The molecule has 0 spiro atoms. The Labute approximate surface area is 166 Å². The van der Waals surface area contributed by atoms with Crippen molar-refractivity contribution in [2.24, 2.45) is 0 Å². The highest BCUT2D eigenvalue weighted by Gasteiger charge is 2.24. The molecule has 1 aliphatic heterocycles. The van der Waals surface area contributed by atoms with Gasteiger partial charge in [-0.15, -0.1) is 0 Å². The number of benzene rings is 1. The predicted molar refractivity (Wildman–Crippen MR) is 104 cm³/mol. The van der Waals surface area contributed by atoms with E-state index in [0.29, 0.717) is 22.8 Å². The molecule has 0 aliphatic carbocycles. The Morgan fingerprint density at radius 1 is 1.17 bits per heavy atom. The summed E-state index contributed by atoms with van der Waals surface area (Å²) in [6.07, 6.45) is 10.4. The second-order valence-electron chi connectivity index (χ2n) is 6.38. The van der Waals surface area contributed by atoms with E-state index >= 15 is 0 Å². The zero-order valence-electron chi connectivity index (χ0n) is 15.3. The molecule has 1 fully saturated rings. The van der Waals surface area contributed by atoms with Crippen molar-refractivity contribution in [1.82, 2.24) is 24.8 Å². The van der Waals surface area contributed by atoms with Crippen LogP contribution in [-0.2, 0) is 4.79 Å². The Morgan fingerprint density at radius 2 is 2.00 bits per heavy atom. The average molecular weight is 392 g/mol. The van der Waals surface area contributed by atoms with Crippen LogP contribution in [-0.4, -0.2) is 50.3 Å². The second-order valence-corrected chi connectivity index (χ2v) is 6.38. The first kappa shape index (κ1) is 18.5. The third-order valence-electron chi connectivity index (χ3n) is 4.20. The molecule has 0 amide bonds. The van der Waals surface area contributed by atoms with Crippen molar-refractivity contribution in [3.05, 3.63) is 67.1 Å². The van der Waals surface area contributed by atoms with Gasteiger partial charge in [0.05, 0.1) is 24.1 Å². The fourth-order valence-electron chi connectivity index (χ4n) is 2.80. The number of hydrogen-bond acceptors (Lipinski definition) is 8. The first-order valence-corrected chi connectivity index (χ1v) is 8.90. The van der Waals surface area contributed by atoms with Crippen molar-refractivity contribution in [2.75, 3.05) is 18.4 Å². The molecule has 4 rings (SSSR count). The summed E-state index contributed by atoms with van der Waals surface area (Å²) in [6, 6.07) is 6.10. The molecule has 0 radical (unpaired) electrons. The molecule has 29 heavy (non-hydrogen) atoms. The van der Waals surface area contributed by atoms with Gasteiger partial charge in [0.2, 0.25) is 0 Å². The van der Waals surface area contributed by atoms with E-state index in [4.69, 9.17) is 4.74 Å². The monoisotopic (exact) mass is 392 g/mol. The van der Waals surface area contributed by atoms with E-state index in [0.717, 1.165) is 19.4 Å². The molecule has 0 bridgehead atoms. The van der Waals surface area contributed by atoms with E-state index < -0.39 is 5.82 Å². The highest BCUT2D eigenvalue weighted by molar-refractivity contribution is 5.64. The Morgan fingerprint density at radius 3 is 2.76 bits per heavy atom. The standard InChI is InChI=1S/C20H17FN6O2/c21-15-3-1-4-17(7-15)29-20-23-8-14(9-24-20)18-10-22-11-19(26-18)25-16-12-27(13-16)5-2-6-28/h1-11,16H,12-13H2,(H,25,26). The van der Waals surface area contributed by atoms with Crippen LogP contribution in [0.4, 0.5) is 10.2 Å². The fourth-order valence-corrected chi connectivity index (χ4v) is 2.80. The lowest BCUT2D eigenvalue weighted by Gasteiger charge is -2.39. The van der Waals surface area contributed by atoms with Crippen molar-refractivity contribution >= 4 is 12.1 Å². The largest absolute Gasteiger partial charge is 0.424 e. The fraction of sp³-hybridized carbons (Fsp3) is 0.150. The molecular formula is C20H17FN6O2. The molecule has 8 nitrogen and oxygen atoms in total. The molecule has 9 heteroatoms. The van der Waals surface area contributed by atoms with Crippen LogP contribution in [0.5, 0.6) is 11.8 Å². The summed E-state index contributed by atoms with van der Waals surface area (Å²) in [5.74, 6) is 0.570. The number of hydrogen-bond donors (Lipinski definition) is 1. The number of anilines is 1. The minimum atomic E-state index is -0.395. The van der Waals surface area contributed by atoms with Gasteiger partial charge in [-0.25, -0.2) is 19.3 Å². The lowest BCUT2D eigenvalue weighted by molar-refractivity contribution is -0.104. The van der Waals surface area contributed by atoms with Crippen molar-refractivity contribution in [3.8, 4) is 23.0 Å². The summed E-state index contributed by atoms with van der Waals surface area (Å²) in [5.41, 5.74) is 1.29. The number of carbonyl (C=O) groups is 1. The quantitative estimate of drug-likeness (QED) is 0.485. The lowest BCUT2D eigenvalue weighted by atomic mass is 10.1. The van der Waals surface area contributed by atoms with Crippen molar-refractivity contribution in [3.63, 3.8) is 0 Å². The maximum atomic E-state index is 13.2.